The monoisotopic (exact) mass is 301 g/mol. The van der Waals surface area contributed by atoms with E-state index in [9.17, 15) is 9.59 Å². The first-order valence-electron chi connectivity index (χ1n) is 7.89. The molecule has 0 heterocycles. The molecule has 5 heteroatoms. The Labute approximate surface area is 128 Å². The fraction of sp³-hybridized carbons (Fsp3) is 0.529. The molecule has 0 radical (unpaired) electrons. The van der Waals surface area contributed by atoms with Gasteiger partial charge < -0.3 is 15.2 Å². The van der Waals surface area contributed by atoms with Crippen molar-refractivity contribution >= 4 is 17.6 Å². The summed E-state index contributed by atoms with van der Waals surface area (Å²) in [5.74, 6) is 2.69. The van der Waals surface area contributed by atoms with Crippen LogP contribution in [0.5, 0.6) is 5.75 Å². The zero-order valence-electron chi connectivity index (χ0n) is 12.2. The normalized spacial score (nSPS) is 34.1. The molecule has 3 saturated carbocycles. The summed E-state index contributed by atoms with van der Waals surface area (Å²) in [6.07, 6.45) is 3.96. The summed E-state index contributed by atoms with van der Waals surface area (Å²) in [7, 11) is 0. The number of carboxylic acid groups (broad SMARTS) is 1. The van der Waals surface area contributed by atoms with Crippen LogP contribution in [0, 0.1) is 29.6 Å². The van der Waals surface area contributed by atoms with Crippen molar-refractivity contribution in [2.75, 3.05) is 11.9 Å². The van der Waals surface area contributed by atoms with Crippen molar-refractivity contribution in [3.05, 3.63) is 24.3 Å². The maximum absolute atomic E-state index is 12.4. The Morgan fingerprint density at radius 1 is 1.14 bits per heavy atom. The van der Waals surface area contributed by atoms with Gasteiger partial charge in [-0.3, -0.25) is 4.79 Å². The molecule has 1 aromatic rings. The van der Waals surface area contributed by atoms with Crippen LogP contribution in [-0.2, 0) is 9.59 Å². The molecule has 4 unspecified atom stereocenters. The second-order valence-corrected chi connectivity index (χ2v) is 6.71. The SMILES string of the molecule is O=C(O)COc1ccc(NC(=O)C2C3C4CCC(C4)C23)cc1. The highest BCUT2D eigenvalue weighted by atomic mass is 16.5. The van der Waals surface area contributed by atoms with E-state index in [4.69, 9.17) is 9.84 Å². The number of nitrogens with one attached hydrogen (secondary N) is 1. The van der Waals surface area contributed by atoms with Gasteiger partial charge in [-0.2, -0.15) is 0 Å². The Morgan fingerprint density at radius 2 is 1.77 bits per heavy atom. The maximum Gasteiger partial charge on any atom is 0.341 e. The maximum atomic E-state index is 12.4. The molecule has 116 valence electrons. The van der Waals surface area contributed by atoms with Gasteiger partial charge in [0.15, 0.2) is 6.61 Å². The lowest BCUT2D eigenvalue weighted by Crippen LogP contribution is -2.18. The van der Waals surface area contributed by atoms with Crippen molar-refractivity contribution in [3.8, 4) is 5.75 Å². The van der Waals surface area contributed by atoms with Gasteiger partial charge in [0, 0.05) is 11.6 Å². The van der Waals surface area contributed by atoms with E-state index in [0.29, 0.717) is 17.6 Å². The third kappa shape index (κ3) is 2.25. The predicted molar refractivity (Wildman–Crippen MR) is 79.5 cm³/mol. The minimum absolute atomic E-state index is 0.144. The number of hydrogen-bond acceptors (Lipinski definition) is 3. The van der Waals surface area contributed by atoms with Crippen LogP contribution in [0.2, 0.25) is 0 Å². The van der Waals surface area contributed by atoms with E-state index < -0.39 is 5.97 Å². The minimum Gasteiger partial charge on any atom is -0.482 e. The van der Waals surface area contributed by atoms with E-state index in [1.807, 2.05) is 0 Å². The van der Waals surface area contributed by atoms with E-state index in [1.54, 1.807) is 24.3 Å². The average molecular weight is 301 g/mol. The Balaban J connectivity index is 1.34. The molecular weight excluding hydrogens is 282 g/mol. The first-order valence-corrected chi connectivity index (χ1v) is 7.89. The highest BCUT2D eigenvalue weighted by Gasteiger charge is 2.67. The number of amides is 1. The molecule has 0 spiro atoms. The molecule has 4 rings (SSSR count). The summed E-state index contributed by atoms with van der Waals surface area (Å²) in [5.41, 5.74) is 0.741. The van der Waals surface area contributed by atoms with Crippen molar-refractivity contribution < 1.29 is 19.4 Å². The van der Waals surface area contributed by atoms with E-state index in [1.165, 1.54) is 19.3 Å². The molecule has 5 nitrogen and oxygen atoms in total. The zero-order chi connectivity index (χ0) is 15.3. The van der Waals surface area contributed by atoms with E-state index in [-0.39, 0.29) is 18.4 Å². The average Bonchev–Trinajstić information content (AvgIpc) is 2.95. The fourth-order valence-corrected chi connectivity index (χ4v) is 4.68. The molecule has 3 fully saturated rings. The summed E-state index contributed by atoms with van der Waals surface area (Å²) in [4.78, 5) is 22.8. The third-order valence-electron chi connectivity index (χ3n) is 5.52. The van der Waals surface area contributed by atoms with Gasteiger partial charge in [-0.1, -0.05) is 0 Å². The van der Waals surface area contributed by atoms with E-state index in [0.717, 1.165) is 17.5 Å². The Morgan fingerprint density at radius 3 is 2.36 bits per heavy atom. The van der Waals surface area contributed by atoms with Crippen molar-refractivity contribution in [1.82, 2.24) is 0 Å². The Bertz CT molecular complexity index is 596. The number of rotatable bonds is 5. The lowest BCUT2D eigenvalue weighted by molar-refractivity contribution is -0.139. The van der Waals surface area contributed by atoms with Crippen molar-refractivity contribution in [3.63, 3.8) is 0 Å². The highest BCUT2D eigenvalue weighted by Crippen LogP contribution is 2.69. The van der Waals surface area contributed by atoms with Crippen LogP contribution in [0.3, 0.4) is 0 Å². The second-order valence-electron chi connectivity index (χ2n) is 6.71. The first-order chi connectivity index (χ1) is 10.6. The van der Waals surface area contributed by atoms with Gasteiger partial charge in [-0.05, 0) is 67.2 Å². The molecule has 1 amide bonds. The number of fused-ring (bicyclic) bond motifs is 5. The summed E-state index contributed by atoms with van der Waals surface area (Å²) in [6, 6.07) is 6.86. The number of carboxylic acids is 1. The molecule has 1 aromatic carbocycles. The highest BCUT2D eigenvalue weighted by molar-refractivity contribution is 5.95. The third-order valence-corrected chi connectivity index (χ3v) is 5.52. The van der Waals surface area contributed by atoms with E-state index in [2.05, 4.69) is 5.32 Å². The van der Waals surface area contributed by atoms with Gasteiger partial charge in [0.25, 0.3) is 0 Å². The number of hydrogen-bond donors (Lipinski definition) is 2. The van der Waals surface area contributed by atoms with Crippen LogP contribution in [-0.4, -0.2) is 23.6 Å². The smallest absolute Gasteiger partial charge is 0.341 e. The summed E-state index contributed by atoms with van der Waals surface area (Å²) in [6.45, 7) is -0.361. The molecular formula is C17H19NO4. The lowest BCUT2D eigenvalue weighted by atomic mass is 10.0. The second kappa shape index (κ2) is 5.00. The number of carbonyl (C=O) groups excluding carboxylic acids is 1. The Hall–Kier alpha value is -2.04. The topological polar surface area (TPSA) is 75.6 Å². The largest absolute Gasteiger partial charge is 0.482 e. The number of benzene rings is 1. The summed E-state index contributed by atoms with van der Waals surface area (Å²) in [5, 5.41) is 11.5. The van der Waals surface area contributed by atoms with E-state index >= 15 is 0 Å². The molecule has 3 aliphatic rings. The van der Waals surface area contributed by atoms with Crippen LogP contribution < -0.4 is 10.1 Å². The van der Waals surface area contributed by atoms with Gasteiger partial charge in [0.05, 0.1) is 0 Å². The van der Waals surface area contributed by atoms with Gasteiger partial charge in [0.2, 0.25) is 5.91 Å². The quantitative estimate of drug-likeness (QED) is 0.875. The predicted octanol–water partition coefficient (Wildman–Crippen LogP) is 2.38. The van der Waals surface area contributed by atoms with Gasteiger partial charge in [0.1, 0.15) is 5.75 Å². The molecule has 4 atom stereocenters. The standard InChI is InChI=1S/C17H19NO4/c19-13(20)8-22-12-5-3-11(4-6-12)18-17(21)16-14-9-1-2-10(7-9)15(14)16/h3-6,9-10,14-16H,1-2,7-8H2,(H,18,21)(H,19,20). The zero-order valence-corrected chi connectivity index (χ0v) is 12.2. The van der Waals surface area contributed by atoms with Gasteiger partial charge in [-0.25, -0.2) is 4.79 Å². The first kappa shape index (κ1) is 13.6. The van der Waals surface area contributed by atoms with Crippen LogP contribution in [0.15, 0.2) is 24.3 Å². The van der Waals surface area contributed by atoms with Crippen LogP contribution >= 0.6 is 0 Å². The lowest BCUT2D eigenvalue weighted by Gasteiger charge is -2.10. The van der Waals surface area contributed by atoms with Gasteiger partial charge in [-0.15, -0.1) is 0 Å². The Kier molecular flexibility index (Phi) is 3.10. The molecule has 22 heavy (non-hydrogen) atoms. The van der Waals surface area contributed by atoms with Gasteiger partial charge >= 0.3 is 5.97 Å². The molecule has 3 aliphatic carbocycles. The number of anilines is 1. The number of aliphatic carboxylic acids is 1. The van der Waals surface area contributed by atoms with Crippen LogP contribution in [0.4, 0.5) is 5.69 Å². The summed E-state index contributed by atoms with van der Waals surface area (Å²) < 4.78 is 5.07. The van der Waals surface area contributed by atoms with Crippen molar-refractivity contribution in [2.45, 2.75) is 19.3 Å². The molecule has 0 aromatic heterocycles. The van der Waals surface area contributed by atoms with Crippen LogP contribution in [0.1, 0.15) is 19.3 Å². The van der Waals surface area contributed by atoms with Crippen LogP contribution in [0.25, 0.3) is 0 Å². The van der Waals surface area contributed by atoms with Crippen molar-refractivity contribution in [1.29, 1.82) is 0 Å². The summed E-state index contributed by atoms with van der Waals surface area (Å²) >= 11 is 0. The fourth-order valence-electron chi connectivity index (χ4n) is 4.68. The molecule has 2 N–H and O–H groups in total. The van der Waals surface area contributed by atoms with Crippen molar-refractivity contribution in [2.24, 2.45) is 29.6 Å². The number of ether oxygens (including phenoxy) is 1. The molecule has 2 bridgehead atoms. The molecule has 0 aliphatic heterocycles. The molecule has 0 saturated heterocycles. The minimum atomic E-state index is -1.01. The number of carbonyl (C=O) groups is 2.